The van der Waals surface area contributed by atoms with Crippen LogP contribution in [0.5, 0.6) is 0 Å². The summed E-state index contributed by atoms with van der Waals surface area (Å²) in [4.78, 5) is 24.0. The number of sulfone groups is 1. The minimum Gasteiger partial charge on any atom is -0.386 e. The second kappa shape index (κ2) is 7.70. The van der Waals surface area contributed by atoms with Crippen LogP contribution in [0.2, 0.25) is 0 Å². The average Bonchev–Trinajstić information content (AvgIpc) is 2.67. The van der Waals surface area contributed by atoms with E-state index in [0.29, 0.717) is 5.56 Å². The zero-order chi connectivity index (χ0) is 23.2. The van der Waals surface area contributed by atoms with E-state index in [1.54, 1.807) is 0 Å². The quantitative estimate of drug-likeness (QED) is 0.695. The Morgan fingerprint density at radius 1 is 1.19 bits per heavy atom. The van der Waals surface area contributed by atoms with E-state index in [0.717, 1.165) is 18.5 Å². The molecule has 1 atom stereocenters. The van der Waals surface area contributed by atoms with Gasteiger partial charge in [-0.3, -0.25) is 14.8 Å². The average molecular weight is 454 g/mol. The SMILES string of the molecule is CC1(C)C(N)=N[C@](C)(c2cc(CC(=O)c3cnc(C(F)F)cn3)ccc2F)CS1(=O)=O. The number of alkyl halides is 2. The van der Waals surface area contributed by atoms with Crippen molar-refractivity contribution >= 4 is 21.5 Å². The zero-order valence-corrected chi connectivity index (χ0v) is 17.9. The summed E-state index contributed by atoms with van der Waals surface area (Å²) in [6, 6.07) is 3.85. The number of aliphatic imine (C=N–C) groups is 1. The number of nitrogens with zero attached hydrogens (tertiary/aromatic N) is 3. The third-order valence-corrected chi connectivity index (χ3v) is 8.10. The lowest BCUT2D eigenvalue weighted by Crippen LogP contribution is -2.55. The number of amidine groups is 1. The highest BCUT2D eigenvalue weighted by molar-refractivity contribution is 7.93. The Kier molecular flexibility index (Phi) is 5.68. The first-order valence-corrected chi connectivity index (χ1v) is 10.9. The molecule has 166 valence electrons. The number of ketones is 1. The molecule has 0 saturated heterocycles. The molecule has 0 fully saturated rings. The Morgan fingerprint density at radius 2 is 1.87 bits per heavy atom. The lowest BCUT2D eigenvalue weighted by Gasteiger charge is -2.38. The molecule has 0 spiro atoms. The van der Waals surface area contributed by atoms with Crippen LogP contribution in [-0.2, 0) is 21.8 Å². The summed E-state index contributed by atoms with van der Waals surface area (Å²) in [5.74, 6) is -1.79. The van der Waals surface area contributed by atoms with Gasteiger partial charge in [-0.1, -0.05) is 6.07 Å². The third kappa shape index (κ3) is 4.18. The highest BCUT2D eigenvalue weighted by Gasteiger charge is 2.49. The maximum Gasteiger partial charge on any atom is 0.281 e. The third-order valence-electron chi connectivity index (χ3n) is 5.39. The summed E-state index contributed by atoms with van der Waals surface area (Å²) >= 11 is 0. The smallest absolute Gasteiger partial charge is 0.281 e. The van der Waals surface area contributed by atoms with Crippen LogP contribution in [0.1, 0.15) is 54.5 Å². The number of benzene rings is 1. The summed E-state index contributed by atoms with van der Waals surface area (Å²) < 4.78 is 63.9. The summed E-state index contributed by atoms with van der Waals surface area (Å²) in [5.41, 5.74) is 4.12. The highest BCUT2D eigenvalue weighted by atomic mass is 32.2. The number of halogens is 3. The molecule has 0 radical (unpaired) electrons. The maximum atomic E-state index is 14.7. The fourth-order valence-corrected chi connectivity index (χ4v) is 4.93. The fourth-order valence-electron chi connectivity index (χ4n) is 3.25. The number of aromatic nitrogens is 2. The van der Waals surface area contributed by atoms with Gasteiger partial charge >= 0.3 is 0 Å². The molecule has 1 aliphatic heterocycles. The van der Waals surface area contributed by atoms with Crippen molar-refractivity contribution in [1.29, 1.82) is 0 Å². The lowest BCUT2D eigenvalue weighted by molar-refractivity contribution is 0.0986. The second-order valence-electron chi connectivity index (χ2n) is 8.08. The molecule has 7 nitrogen and oxygen atoms in total. The highest BCUT2D eigenvalue weighted by Crippen LogP contribution is 2.38. The Morgan fingerprint density at radius 3 is 2.42 bits per heavy atom. The van der Waals surface area contributed by atoms with Gasteiger partial charge in [-0.2, -0.15) is 0 Å². The number of carbonyl (C=O) groups is 1. The Bertz CT molecular complexity index is 1160. The molecule has 31 heavy (non-hydrogen) atoms. The van der Waals surface area contributed by atoms with E-state index in [9.17, 15) is 26.4 Å². The number of hydrogen-bond donors (Lipinski definition) is 1. The summed E-state index contributed by atoms with van der Waals surface area (Å²) in [6.07, 6.45) is -1.25. The van der Waals surface area contributed by atoms with E-state index in [4.69, 9.17) is 5.73 Å². The molecular weight excluding hydrogens is 433 g/mol. The number of rotatable bonds is 5. The van der Waals surface area contributed by atoms with Gasteiger partial charge in [0.1, 0.15) is 33.3 Å². The van der Waals surface area contributed by atoms with Crippen molar-refractivity contribution in [3.63, 3.8) is 0 Å². The molecule has 1 aromatic carbocycles. The van der Waals surface area contributed by atoms with Crippen LogP contribution >= 0.6 is 0 Å². The fraction of sp³-hybridized carbons (Fsp3) is 0.400. The number of nitrogens with two attached hydrogens (primary N) is 1. The number of hydrogen-bond acceptors (Lipinski definition) is 7. The Labute approximate surface area is 177 Å². The number of carbonyl (C=O) groups excluding carboxylic acids is 1. The molecular formula is C20H21F3N4O3S. The molecule has 0 bridgehead atoms. The van der Waals surface area contributed by atoms with Crippen LogP contribution < -0.4 is 5.73 Å². The molecule has 3 rings (SSSR count). The molecule has 2 heterocycles. The van der Waals surface area contributed by atoms with Gasteiger partial charge in [-0.05, 0) is 38.5 Å². The summed E-state index contributed by atoms with van der Waals surface area (Å²) in [6.45, 7) is 4.34. The van der Waals surface area contributed by atoms with E-state index < -0.39 is 49.6 Å². The van der Waals surface area contributed by atoms with Crippen molar-refractivity contribution in [1.82, 2.24) is 9.97 Å². The van der Waals surface area contributed by atoms with Gasteiger partial charge in [0.05, 0.1) is 18.1 Å². The minimum absolute atomic E-state index is 0.0149. The maximum absolute atomic E-state index is 14.7. The van der Waals surface area contributed by atoms with E-state index in [1.165, 1.54) is 32.9 Å². The monoisotopic (exact) mass is 454 g/mol. The van der Waals surface area contributed by atoms with Crippen LogP contribution in [0.4, 0.5) is 13.2 Å². The van der Waals surface area contributed by atoms with E-state index in [-0.39, 0.29) is 23.5 Å². The van der Waals surface area contributed by atoms with Crippen molar-refractivity contribution < 1.29 is 26.4 Å². The molecule has 1 aromatic heterocycles. The first-order chi connectivity index (χ1) is 14.3. The van der Waals surface area contributed by atoms with Crippen molar-refractivity contribution in [3.8, 4) is 0 Å². The van der Waals surface area contributed by atoms with Crippen molar-refractivity contribution in [2.75, 3.05) is 5.75 Å². The zero-order valence-electron chi connectivity index (χ0n) is 17.1. The van der Waals surface area contributed by atoms with Gasteiger partial charge in [-0.15, -0.1) is 0 Å². The molecule has 2 aromatic rings. The molecule has 11 heteroatoms. The molecule has 0 unspecified atom stereocenters. The standard InChI is InChI=1S/C20H21F3N4O3S/c1-19(2)18(24)27-20(3,10-31(19,29)30)12-6-11(4-5-13(12)21)7-16(28)14-8-26-15(9-25-14)17(22)23/h4-6,8-9,17H,7,10H2,1-3H3,(H2,24,27)/t20-/m0/s1. The second-order valence-corrected chi connectivity index (χ2v) is 10.6. The van der Waals surface area contributed by atoms with Crippen LogP contribution in [0.15, 0.2) is 35.6 Å². The molecule has 1 aliphatic rings. The van der Waals surface area contributed by atoms with Crippen molar-refractivity contribution in [2.45, 2.75) is 43.9 Å². The van der Waals surface area contributed by atoms with E-state index >= 15 is 0 Å². The number of Topliss-reactive ketones (excluding diaryl/α,β-unsaturated/α-hetero) is 1. The van der Waals surface area contributed by atoms with Gasteiger partial charge in [0.25, 0.3) is 6.43 Å². The summed E-state index contributed by atoms with van der Waals surface area (Å²) in [5, 5.41) is 0. The minimum atomic E-state index is -3.74. The van der Waals surface area contributed by atoms with E-state index in [1.807, 2.05) is 0 Å². The van der Waals surface area contributed by atoms with Crippen molar-refractivity contribution in [3.05, 3.63) is 58.9 Å². The topological polar surface area (TPSA) is 115 Å². The van der Waals surface area contributed by atoms with Crippen LogP contribution in [0, 0.1) is 5.82 Å². The Hall–Kier alpha value is -2.82. The molecule has 0 amide bonds. The first kappa shape index (κ1) is 22.9. The normalized spacial score (nSPS) is 22.2. The van der Waals surface area contributed by atoms with E-state index in [2.05, 4.69) is 15.0 Å². The largest absolute Gasteiger partial charge is 0.386 e. The van der Waals surface area contributed by atoms with Crippen molar-refractivity contribution in [2.24, 2.45) is 10.7 Å². The molecule has 2 N–H and O–H groups in total. The molecule has 0 saturated carbocycles. The van der Waals surface area contributed by atoms with Gasteiger partial charge in [0.2, 0.25) is 0 Å². The van der Waals surface area contributed by atoms with Gasteiger partial charge < -0.3 is 5.73 Å². The van der Waals surface area contributed by atoms with Crippen LogP contribution in [0.25, 0.3) is 0 Å². The van der Waals surface area contributed by atoms with Gasteiger partial charge in [0, 0.05) is 12.0 Å². The lowest BCUT2D eigenvalue weighted by atomic mass is 9.90. The van der Waals surface area contributed by atoms with Crippen LogP contribution in [0.3, 0.4) is 0 Å². The Balaban J connectivity index is 1.94. The molecule has 0 aliphatic carbocycles. The summed E-state index contributed by atoms with van der Waals surface area (Å²) in [7, 11) is -3.74. The van der Waals surface area contributed by atoms with Gasteiger partial charge in [-0.25, -0.2) is 26.6 Å². The predicted molar refractivity (Wildman–Crippen MR) is 108 cm³/mol. The van der Waals surface area contributed by atoms with Crippen LogP contribution in [-0.4, -0.2) is 40.5 Å². The first-order valence-electron chi connectivity index (χ1n) is 9.27. The predicted octanol–water partition coefficient (Wildman–Crippen LogP) is 2.76. The van der Waals surface area contributed by atoms with Gasteiger partial charge in [0.15, 0.2) is 15.6 Å².